The maximum absolute atomic E-state index is 13.2. The molecule has 1 fully saturated rings. The first-order valence-corrected chi connectivity index (χ1v) is 12.8. The Morgan fingerprint density at radius 1 is 1.15 bits per heavy atom. The van der Waals surface area contributed by atoms with Gasteiger partial charge in [0.2, 0.25) is 5.91 Å². The molecule has 5 rings (SSSR count). The Hall–Kier alpha value is -3.04. The van der Waals surface area contributed by atoms with E-state index in [9.17, 15) is 9.59 Å². The van der Waals surface area contributed by atoms with Crippen LogP contribution in [0.2, 0.25) is 0 Å². The molecule has 0 saturated carbocycles. The molecule has 0 unspecified atom stereocenters. The first-order chi connectivity index (χ1) is 16.0. The van der Waals surface area contributed by atoms with E-state index in [1.165, 1.54) is 21.6 Å². The van der Waals surface area contributed by atoms with Gasteiger partial charge in [-0.15, -0.1) is 11.3 Å². The Balaban J connectivity index is 1.47. The van der Waals surface area contributed by atoms with E-state index in [1.54, 1.807) is 11.3 Å². The lowest BCUT2D eigenvalue weighted by molar-refractivity contribution is -0.117. The molecule has 0 bridgehead atoms. The summed E-state index contributed by atoms with van der Waals surface area (Å²) in [6.45, 7) is 5.98. The predicted molar refractivity (Wildman–Crippen MR) is 136 cm³/mol. The fraction of sp³-hybridized carbons (Fsp3) is 0.333. The summed E-state index contributed by atoms with van der Waals surface area (Å²) in [4.78, 5) is 33.9. The number of aromatic nitrogens is 3. The van der Waals surface area contributed by atoms with Crippen molar-refractivity contribution in [3.63, 3.8) is 0 Å². The molecule has 4 aromatic rings. The number of nitrogens with zero attached hydrogens (tertiary/aromatic N) is 4. The number of thiophene rings is 1. The highest BCUT2D eigenvalue weighted by Crippen LogP contribution is 2.36. The third kappa shape index (κ3) is 4.43. The van der Waals surface area contributed by atoms with Gasteiger partial charge in [-0.25, -0.2) is 9.67 Å². The average Bonchev–Trinajstić information content (AvgIpc) is 3.57. The van der Waals surface area contributed by atoms with Crippen molar-refractivity contribution in [3.05, 3.63) is 57.7 Å². The van der Waals surface area contributed by atoms with Gasteiger partial charge in [0.1, 0.15) is 12.2 Å². The van der Waals surface area contributed by atoms with Crippen molar-refractivity contribution < 1.29 is 4.79 Å². The van der Waals surface area contributed by atoms with Crippen LogP contribution in [0.4, 0.5) is 10.8 Å². The van der Waals surface area contributed by atoms with Gasteiger partial charge in [0, 0.05) is 18.8 Å². The molecule has 1 saturated heterocycles. The Kier molecular flexibility index (Phi) is 5.99. The summed E-state index contributed by atoms with van der Waals surface area (Å²) in [6, 6.07) is 11.7. The molecule has 1 aliphatic heterocycles. The maximum atomic E-state index is 13.2. The second kappa shape index (κ2) is 9.07. The molecule has 1 aliphatic rings. The van der Waals surface area contributed by atoms with Crippen LogP contribution in [0.25, 0.3) is 20.8 Å². The number of fused-ring (bicyclic) bond motifs is 1. The van der Waals surface area contributed by atoms with Crippen LogP contribution < -0.4 is 15.8 Å². The highest BCUT2D eigenvalue weighted by Gasteiger charge is 2.23. The minimum atomic E-state index is -0.336. The van der Waals surface area contributed by atoms with E-state index in [-0.39, 0.29) is 18.0 Å². The van der Waals surface area contributed by atoms with Gasteiger partial charge in [-0.05, 0) is 47.9 Å². The summed E-state index contributed by atoms with van der Waals surface area (Å²) in [6.07, 6.45) is 2.27. The minimum Gasteiger partial charge on any atom is -0.348 e. The van der Waals surface area contributed by atoms with Crippen LogP contribution >= 0.6 is 22.7 Å². The van der Waals surface area contributed by atoms with Crippen LogP contribution in [0.15, 0.2) is 46.6 Å². The summed E-state index contributed by atoms with van der Waals surface area (Å²) in [5.41, 5.74) is 2.65. The Labute approximate surface area is 199 Å². The molecule has 9 heteroatoms. The van der Waals surface area contributed by atoms with Crippen LogP contribution in [-0.2, 0) is 11.3 Å². The molecular formula is C24H25N5O2S2. The molecule has 33 heavy (non-hydrogen) atoms. The Bertz CT molecular complexity index is 1330. The number of hydrogen-bond donors (Lipinski definition) is 1. The van der Waals surface area contributed by atoms with Gasteiger partial charge in [0.25, 0.3) is 5.56 Å². The van der Waals surface area contributed by atoms with Crippen molar-refractivity contribution in [1.29, 1.82) is 0 Å². The van der Waals surface area contributed by atoms with Gasteiger partial charge in [-0.3, -0.25) is 9.59 Å². The van der Waals surface area contributed by atoms with E-state index in [1.807, 2.05) is 41.8 Å². The second-order valence-corrected chi connectivity index (χ2v) is 10.4. The van der Waals surface area contributed by atoms with Crippen molar-refractivity contribution in [1.82, 2.24) is 14.8 Å². The molecule has 1 N–H and O–H groups in total. The standard InChI is InChI=1S/C24H25N5O2S2/c1-15(2)16-7-9-17(10-8-16)25-19(30)14-29-23(31)21-22(20(27-29)18-6-5-13-32-18)33-24(26-21)28-11-3-4-12-28/h5-10,13,15H,3-4,11-12,14H2,1-2H3,(H,25,30). The SMILES string of the molecule is CC(C)c1ccc(NC(=O)Cn2nc(-c3cccs3)c3sc(N4CCCC4)nc3c2=O)cc1. The quantitative estimate of drug-likeness (QED) is 0.424. The summed E-state index contributed by atoms with van der Waals surface area (Å²) >= 11 is 3.07. The third-order valence-corrected chi connectivity index (χ3v) is 7.77. The lowest BCUT2D eigenvalue weighted by Crippen LogP contribution is -2.30. The number of nitrogens with one attached hydrogen (secondary N) is 1. The third-order valence-electron chi connectivity index (χ3n) is 5.77. The zero-order valence-corrected chi connectivity index (χ0v) is 20.2. The van der Waals surface area contributed by atoms with Crippen molar-refractivity contribution in [2.45, 2.75) is 39.2 Å². The van der Waals surface area contributed by atoms with Gasteiger partial charge >= 0.3 is 0 Å². The first kappa shape index (κ1) is 21.8. The number of carbonyl (C=O) groups is 1. The van der Waals surface area contributed by atoms with Crippen LogP contribution in [0, 0.1) is 0 Å². The van der Waals surface area contributed by atoms with E-state index < -0.39 is 0 Å². The van der Waals surface area contributed by atoms with Crippen molar-refractivity contribution in [3.8, 4) is 10.6 Å². The average molecular weight is 480 g/mol. The molecule has 1 amide bonds. The molecule has 0 spiro atoms. The highest BCUT2D eigenvalue weighted by atomic mass is 32.1. The van der Waals surface area contributed by atoms with Gasteiger partial charge in [0.15, 0.2) is 10.6 Å². The fourth-order valence-corrected chi connectivity index (χ4v) is 5.85. The Morgan fingerprint density at radius 3 is 2.58 bits per heavy atom. The van der Waals surface area contributed by atoms with Crippen LogP contribution in [0.1, 0.15) is 38.2 Å². The smallest absolute Gasteiger partial charge is 0.294 e. The largest absolute Gasteiger partial charge is 0.348 e. The van der Waals surface area contributed by atoms with E-state index >= 15 is 0 Å². The molecule has 7 nitrogen and oxygen atoms in total. The normalized spacial score (nSPS) is 13.8. The zero-order valence-electron chi connectivity index (χ0n) is 18.6. The molecule has 170 valence electrons. The summed E-state index contributed by atoms with van der Waals surface area (Å²) < 4.78 is 2.02. The van der Waals surface area contributed by atoms with E-state index in [0.717, 1.165) is 40.6 Å². The molecule has 0 radical (unpaired) electrons. The highest BCUT2D eigenvalue weighted by molar-refractivity contribution is 7.23. The van der Waals surface area contributed by atoms with Crippen LogP contribution in [0.3, 0.4) is 0 Å². The topological polar surface area (TPSA) is 80.1 Å². The number of amides is 1. The molecule has 0 aliphatic carbocycles. The number of carbonyl (C=O) groups excluding carboxylic acids is 1. The van der Waals surface area contributed by atoms with E-state index in [4.69, 9.17) is 0 Å². The van der Waals surface area contributed by atoms with E-state index in [2.05, 4.69) is 34.1 Å². The summed E-state index contributed by atoms with van der Waals surface area (Å²) in [7, 11) is 0. The van der Waals surface area contributed by atoms with Crippen molar-refractivity contribution >= 4 is 49.6 Å². The molecular weight excluding hydrogens is 454 g/mol. The summed E-state index contributed by atoms with van der Waals surface area (Å²) in [5.74, 6) is 0.122. The first-order valence-electron chi connectivity index (χ1n) is 11.1. The van der Waals surface area contributed by atoms with Crippen LogP contribution in [-0.4, -0.2) is 33.8 Å². The molecule has 1 aromatic carbocycles. The summed E-state index contributed by atoms with van der Waals surface area (Å²) in [5, 5.41) is 10.3. The maximum Gasteiger partial charge on any atom is 0.294 e. The number of benzene rings is 1. The predicted octanol–water partition coefficient (Wildman–Crippen LogP) is 4.94. The lowest BCUT2D eigenvalue weighted by Gasteiger charge is -2.11. The Morgan fingerprint density at radius 2 is 1.91 bits per heavy atom. The monoisotopic (exact) mass is 479 g/mol. The molecule has 0 atom stereocenters. The van der Waals surface area contributed by atoms with Crippen LogP contribution in [0.5, 0.6) is 0 Å². The van der Waals surface area contributed by atoms with Gasteiger partial charge in [-0.2, -0.15) is 5.10 Å². The number of thiazole rings is 1. The van der Waals surface area contributed by atoms with Gasteiger partial charge in [-0.1, -0.05) is 43.4 Å². The lowest BCUT2D eigenvalue weighted by atomic mass is 10.0. The number of hydrogen-bond acceptors (Lipinski definition) is 7. The minimum absolute atomic E-state index is 0.171. The zero-order chi connectivity index (χ0) is 22.9. The number of rotatable bonds is 6. The van der Waals surface area contributed by atoms with E-state index in [0.29, 0.717) is 22.8 Å². The molecule has 3 aromatic heterocycles. The number of anilines is 2. The fourth-order valence-electron chi connectivity index (χ4n) is 3.96. The van der Waals surface area contributed by atoms with Gasteiger partial charge < -0.3 is 10.2 Å². The molecule has 4 heterocycles. The van der Waals surface area contributed by atoms with Crippen molar-refractivity contribution in [2.24, 2.45) is 0 Å². The second-order valence-electron chi connectivity index (χ2n) is 8.48. The van der Waals surface area contributed by atoms with Gasteiger partial charge in [0.05, 0.1) is 9.58 Å². The van der Waals surface area contributed by atoms with Crippen molar-refractivity contribution in [2.75, 3.05) is 23.3 Å².